The van der Waals surface area contributed by atoms with E-state index in [2.05, 4.69) is 6.92 Å². The minimum atomic E-state index is -0.515. The third-order valence-corrected chi connectivity index (χ3v) is 2.24. The van der Waals surface area contributed by atoms with Gasteiger partial charge in [-0.25, -0.2) is 0 Å². The molecule has 1 aromatic rings. The maximum atomic E-state index is 10.7. The molecule has 0 bridgehead atoms. The predicted octanol–water partition coefficient (Wildman–Crippen LogP) is 2.75. The van der Waals surface area contributed by atoms with Gasteiger partial charge in [0.15, 0.2) is 6.29 Å². The lowest BCUT2D eigenvalue weighted by Crippen LogP contribution is -1.96. The molecule has 0 N–H and O–H groups in total. The first-order valence-corrected chi connectivity index (χ1v) is 4.91. The molecular weight excluding hydrogens is 194 g/mol. The molecule has 4 heteroatoms. The van der Waals surface area contributed by atoms with Crippen molar-refractivity contribution in [3.63, 3.8) is 0 Å². The minimum Gasteiger partial charge on any atom is -0.298 e. The summed E-state index contributed by atoms with van der Waals surface area (Å²) in [6.07, 6.45) is 3.37. The van der Waals surface area contributed by atoms with Gasteiger partial charge < -0.3 is 0 Å². The smallest absolute Gasteiger partial charge is 0.280 e. The highest BCUT2D eigenvalue weighted by atomic mass is 16.6. The summed E-state index contributed by atoms with van der Waals surface area (Å²) in [4.78, 5) is 20.7. The van der Waals surface area contributed by atoms with E-state index >= 15 is 0 Å². The summed E-state index contributed by atoms with van der Waals surface area (Å²) in [5.74, 6) is 0. The molecule has 0 radical (unpaired) electrons. The lowest BCUT2D eigenvalue weighted by atomic mass is 10.1. The van der Waals surface area contributed by atoms with Crippen LogP contribution in [-0.4, -0.2) is 11.2 Å². The van der Waals surface area contributed by atoms with Crippen LogP contribution in [0.4, 0.5) is 5.69 Å². The summed E-state index contributed by atoms with van der Waals surface area (Å²) in [5.41, 5.74) is 0.952. The molecule has 0 saturated carbocycles. The topological polar surface area (TPSA) is 60.2 Å². The van der Waals surface area contributed by atoms with Crippen LogP contribution in [0.5, 0.6) is 0 Å². The summed E-state index contributed by atoms with van der Waals surface area (Å²) in [5, 5.41) is 10.7. The number of hydrogen-bond donors (Lipinski definition) is 0. The molecule has 1 aromatic carbocycles. The fraction of sp³-hybridized carbons (Fsp3) is 0.364. The number of aldehydes is 1. The van der Waals surface area contributed by atoms with Gasteiger partial charge in [-0.3, -0.25) is 14.9 Å². The zero-order valence-corrected chi connectivity index (χ0v) is 8.60. The number of nitro groups is 1. The molecule has 0 aromatic heterocycles. The Hall–Kier alpha value is -1.71. The van der Waals surface area contributed by atoms with Crippen molar-refractivity contribution in [3.8, 4) is 0 Å². The molecule has 15 heavy (non-hydrogen) atoms. The van der Waals surface area contributed by atoms with E-state index < -0.39 is 4.92 Å². The van der Waals surface area contributed by atoms with Gasteiger partial charge in [-0.15, -0.1) is 0 Å². The van der Waals surface area contributed by atoms with Crippen molar-refractivity contribution in [2.24, 2.45) is 0 Å². The Bertz CT molecular complexity index is 374. The van der Waals surface area contributed by atoms with Gasteiger partial charge in [0.25, 0.3) is 5.69 Å². The standard InChI is InChI=1S/C11H13NO3/c1-2-3-4-9-5-6-10(8-13)11(7-9)12(14)15/h5-8H,2-4H2,1H3. The number of carbonyl (C=O) groups is 1. The Balaban J connectivity index is 2.99. The molecule has 4 nitrogen and oxygen atoms in total. The van der Waals surface area contributed by atoms with Crippen molar-refractivity contribution in [2.75, 3.05) is 0 Å². The van der Waals surface area contributed by atoms with Crippen LogP contribution in [0.2, 0.25) is 0 Å². The Morgan fingerprint density at radius 1 is 1.47 bits per heavy atom. The second-order valence-corrected chi connectivity index (χ2v) is 3.37. The van der Waals surface area contributed by atoms with Crippen LogP contribution in [0.3, 0.4) is 0 Å². The van der Waals surface area contributed by atoms with E-state index in [4.69, 9.17) is 0 Å². The van der Waals surface area contributed by atoms with E-state index in [9.17, 15) is 14.9 Å². The van der Waals surface area contributed by atoms with Gasteiger partial charge in [0.2, 0.25) is 0 Å². The molecule has 0 amide bonds. The highest BCUT2D eigenvalue weighted by Gasteiger charge is 2.13. The lowest BCUT2D eigenvalue weighted by molar-refractivity contribution is -0.385. The number of carbonyl (C=O) groups excluding carboxylic acids is 1. The number of nitro benzene ring substituents is 1. The molecular formula is C11H13NO3. The number of nitrogens with zero attached hydrogens (tertiary/aromatic N) is 1. The first-order valence-electron chi connectivity index (χ1n) is 4.91. The van der Waals surface area contributed by atoms with E-state index in [-0.39, 0.29) is 11.3 Å². The normalized spacial score (nSPS) is 9.93. The molecule has 0 atom stereocenters. The van der Waals surface area contributed by atoms with Crippen molar-refractivity contribution >= 4 is 12.0 Å². The van der Waals surface area contributed by atoms with Gasteiger partial charge in [0.1, 0.15) is 0 Å². The molecule has 0 unspecified atom stereocenters. The number of aryl methyl sites for hydroxylation is 1. The third kappa shape index (κ3) is 2.87. The Morgan fingerprint density at radius 2 is 2.20 bits per heavy atom. The van der Waals surface area contributed by atoms with Crippen LogP contribution in [-0.2, 0) is 6.42 Å². The molecule has 0 aliphatic rings. The Morgan fingerprint density at radius 3 is 2.73 bits per heavy atom. The molecule has 0 aliphatic carbocycles. The molecule has 0 fully saturated rings. The number of benzene rings is 1. The third-order valence-electron chi connectivity index (χ3n) is 2.24. The number of hydrogen-bond acceptors (Lipinski definition) is 3. The van der Waals surface area contributed by atoms with Crippen molar-refractivity contribution in [1.29, 1.82) is 0 Å². The quantitative estimate of drug-likeness (QED) is 0.423. The van der Waals surface area contributed by atoms with Crippen LogP contribution >= 0.6 is 0 Å². The second-order valence-electron chi connectivity index (χ2n) is 3.37. The minimum absolute atomic E-state index is 0.0985. The van der Waals surface area contributed by atoms with E-state index in [1.807, 2.05) is 0 Å². The fourth-order valence-corrected chi connectivity index (χ4v) is 1.38. The summed E-state index contributed by atoms with van der Waals surface area (Å²) in [6, 6.07) is 4.77. The predicted molar refractivity (Wildman–Crippen MR) is 57.1 cm³/mol. The van der Waals surface area contributed by atoms with Crippen molar-refractivity contribution < 1.29 is 9.72 Å². The zero-order valence-electron chi connectivity index (χ0n) is 8.60. The van der Waals surface area contributed by atoms with Crippen molar-refractivity contribution in [1.82, 2.24) is 0 Å². The summed E-state index contributed by atoms with van der Waals surface area (Å²) >= 11 is 0. The Kier molecular flexibility index (Phi) is 3.97. The second kappa shape index (κ2) is 5.24. The SMILES string of the molecule is CCCCc1ccc(C=O)c([N+](=O)[O-])c1. The van der Waals surface area contributed by atoms with Gasteiger partial charge in [0.05, 0.1) is 10.5 Å². The Labute approximate surface area is 88.1 Å². The van der Waals surface area contributed by atoms with Crippen LogP contribution in [0.1, 0.15) is 35.7 Å². The van der Waals surface area contributed by atoms with Crippen molar-refractivity contribution in [3.05, 3.63) is 39.4 Å². The van der Waals surface area contributed by atoms with Gasteiger partial charge in [-0.1, -0.05) is 19.4 Å². The van der Waals surface area contributed by atoms with Gasteiger partial charge in [0, 0.05) is 6.07 Å². The van der Waals surface area contributed by atoms with Gasteiger partial charge >= 0.3 is 0 Å². The maximum absolute atomic E-state index is 10.7. The van der Waals surface area contributed by atoms with Crippen LogP contribution < -0.4 is 0 Å². The van der Waals surface area contributed by atoms with E-state index in [0.29, 0.717) is 6.29 Å². The monoisotopic (exact) mass is 207 g/mol. The van der Waals surface area contributed by atoms with E-state index in [1.54, 1.807) is 6.07 Å². The number of unbranched alkanes of at least 4 members (excludes halogenated alkanes) is 1. The first kappa shape index (κ1) is 11.4. The fourth-order valence-electron chi connectivity index (χ4n) is 1.38. The largest absolute Gasteiger partial charge is 0.298 e. The summed E-state index contributed by atoms with van der Waals surface area (Å²) < 4.78 is 0. The van der Waals surface area contributed by atoms with Gasteiger partial charge in [-0.2, -0.15) is 0 Å². The first-order chi connectivity index (χ1) is 7.19. The molecule has 0 spiro atoms. The van der Waals surface area contributed by atoms with Crippen molar-refractivity contribution in [2.45, 2.75) is 26.2 Å². The average Bonchev–Trinajstić information content (AvgIpc) is 2.25. The average molecular weight is 207 g/mol. The van der Waals surface area contributed by atoms with Crippen LogP contribution in [0.25, 0.3) is 0 Å². The lowest BCUT2D eigenvalue weighted by Gasteiger charge is -2.01. The highest BCUT2D eigenvalue weighted by molar-refractivity contribution is 5.81. The van der Waals surface area contributed by atoms with Gasteiger partial charge in [-0.05, 0) is 24.5 Å². The molecule has 0 aliphatic heterocycles. The summed E-state index contributed by atoms with van der Waals surface area (Å²) in [6.45, 7) is 2.06. The van der Waals surface area contributed by atoms with E-state index in [0.717, 1.165) is 24.8 Å². The zero-order chi connectivity index (χ0) is 11.3. The van der Waals surface area contributed by atoms with E-state index in [1.165, 1.54) is 12.1 Å². The van der Waals surface area contributed by atoms with Crippen LogP contribution in [0, 0.1) is 10.1 Å². The number of rotatable bonds is 5. The molecule has 1 rings (SSSR count). The molecule has 80 valence electrons. The van der Waals surface area contributed by atoms with Crippen LogP contribution in [0.15, 0.2) is 18.2 Å². The molecule has 0 saturated heterocycles. The highest BCUT2D eigenvalue weighted by Crippen LogP contribution is 2.19. The molecule has 0 heterocycles. The maximum Gasteiger partial charge on any atom is 0.280 e. The summed E-state index contributed by atoms with van der Waals surface area (Å²) in [7, 11) is 0.